The van der Waals surface area contributed by atoms with Crippen LogP contribution in [0.15, 0.2) is 54.6 Å². The second-order valence-electron chi connectivity index (χ2n) is 6.75. The van der Waals surface area contributed by atoms with Crippen molar-refractivity contribution in [2.45, 2.75) is 20.8 Å². The third-order valence-electron chi connectivity index (χ3n) is 5.06. The molecule has 0 bridgehead atoms. The lowest BCUT2D eigenvalue weighted by Gasteiger charge is -2.13. The first kappa shape index (κ1) is 18.7. The van der Waals surface area contributed by atoms with Gasteiger partial charge in [0.2, 0.25) is 0 Å². The number of aryl methyl sites for hydroxylation is 1. The molecule has 0 heterocycles. The van der Waals surface area contributed by atoms with Gasteiger partial charge in [-0.15, -0.1) is 0 Å². The van der Waals surface area contributed by atoms with E-state index < -0.39 is 0 Å². The molecule has 3 rings (SSSR count). The molecule has 0 aliphatic heterocycles. The summed E-state index contributed by atoms with van der Waals surface area (Å²) in [5.74, 6) is 0.937. The van der Waals surface area contributed by atoms with E-state index in [-0.39, 0.29) is 0 Å². The molecule has 0 N–H and O–H groups in total. The van der Waals surface area contributed by atoms with Crippen LogP contribution in [0, 0.1) is 20.8 Å². The van der Waals surface area contributed by atoms with Crippen molar-refractivity contribution >= 4 is 18.4 Å². The summed E-state index contributed by atoms with van der Waals surface area (Å²) >= 11 is 0. The summed E-state index contributed by atoms with van der Waals surface area (Å²) in [4.78, 5) is 10.8. The first-order valence-corrected chi connectivity index (χ1v) is 9.02. The Morgan fingerprint density at radius 2 is 1.30 bits per heavy atom. The fraction of sp³-hybridized carbons (Fsp3) is 0.160. The zero-order valence-corrected chi connectivity index (χ0v) is 16.2. The molecule has 0 amide bonds. The van der Waals surface area contributed by atoms with Crippen LogP contribution in [-0.2, 0) is 0 Å². The number of methoxy groups -OCH3 is 1. The largest absolute Gasteiger partial charge is 0.496 e. The van der Waals surface area contributed by atoms with Gasteiger partial charge in [0, 0.05) is 5.56 Å². The molecule has 0 fully saturated rings. The van der Waals surface area contributed by atoms with E-state index in [2.05, 4.69) is 63.3 Å². The molecule has 2 heteroatoms. The summed E-state index contributed by atoms with van der Waals surface area (Å²) in [6.45, 7) is 6.34. The van der Waals surface area contributed by atoms with Crippen LogP contribution in [0.4, 0.5) is 0 Å². The average molecular weight is 356 g/mol. The number of hydrogen-bond donors (Lipinski definition) is 0. The number of hydrogen-bond acceptors (Lipinski definition) is 2. The molecular weight excluding hydrogens is 332 g/mol. The topological polar surface area (TPSA) is 26.3 Å². The van der Waals surface area contributed by atoms with Crippen LogP contribution in [0.5, 0.6) is 5.75 Å². The van der Waals surface area contributed by atoms with Gasteiger partial charge in [-0.2, -0.15) is 0 Å². The van der Waals surface area contributed by atoms with Crippen LogP contribution in [0.2, 0.25) is 0 Å². The SMILES string of the molecule is COc1cc(C)c(/C=C/c2ccc(-c3ccc(C=O)cc3)cc2)c(C)c1C. The van der Waals surface area contributed by atoms with Gasteiger partial charge in [-0.05, 0) is 65.8 Å². The van der Waals surface area contributed by atoms with E-state index in [0.717, 1.165) is 28.7 Å². The van der Waals surface area contributed by atoms with Crippen molar-refractivity contribution in [3.05, 3.63) is 88.0 Å². The Labute approximate surface area is 161 Å². The second-order valence-corrected chi connectivity index (χ2v) is 6.75. The van der Waals surface area contributed by atoms with Gasteiger partial charge >= 0.3 is 0 Å². The lowest BCUT2D eigenvalue weighted by Crippen LogP contribution is -1.95. The normalized spacial score (nSPS) is 11.0. The van der Waals surface area contributed by atoms with Crippen LogP contribution in [-0.4, -0.2) is 13.4 Å². The van der Waals surface area contributed by atoms with Gasteiger partial charge in [0.15, 0.2) is 0 Å². The minimum absolute atomic E-state index is 0.693. The Morgan fingerprint density at radius 3 is 1.81 bits per heavy atom. The lowest BCUT2D eigenvalue weighted by molar-refractivity contribution is 0.112. The van der Waals surface area contributed by atoms with E-state index in [1.165, 1.54) is 22.3 Å². The van der Waals surface area contributed by atoms with Gasteiger partial charge < -0.3 is 4.74 Å². The molecule has 136 valence electrons. The summed E-state index contributed by atoms with van der Waals surface area (Å²) in [7, 11) is 1.71. The molecule has 0 saturated heterocycles. The minimum Gasteiger partial charge on any atom is -0.496 e. The molecule has 0 spiro atoms. The zero-order chi connectivity index (χ0) is 19.4. The van der Waals surface area contributed by atoms with Crippen molar-refractivity contribution in [3.8, 4) is 16.9 Å². The molecule has 3 aromatic rings. The predicted octanol–water partition coefficient (Wildman–Crippen LogP) is 6.27. The maximum absolute atomic E-state index is 10.8. The van der Waals surface area contributed by atoms with E-state index in [1.807, 2.05) is 24.3 Å². The van der Waals surface area contributed by atoms with Crippen LogP contribution < -0.4 is 4.74 Å². The summed E-state index contributed by atoms with van der Waals surface area (Å²) in [5.41, 5.74) is 8.95. The van der Waals surface area contributed by atoms with E-state index >= 15 is 0 Å². The van der Waals surface area contributed by atoms with Crippen molar-refractivity contribution in [1.29, 1.82) is 0 Å². The number of ether oxygens (including phenoxy) is 1. The smallest absolute Gasteiger partial charge is 0.150 e. The third-order valence-corrected chi connectivity index (χ3v) is 5.06. The first-order chi connectivity index (χ1) is 13.0. The highest BCUT2D eigenvalue weighted by atomic mass is 16.5. The summed E-state index contributed by atoms with van der Waals surface area (Å²) < 4.78 is 5.45. The fourth-order valence-electron chi connectivity index (χ4n) is 3.25. The van der Waals surface area contributed by atoms with E-state index in [0.29, 0.717) is 5.56 Å². The van der Waals surface area contributed by atoms with Crippen molar-refractivity contribution in [2.24, 2.45) is 0 Å². The molecule has 0 aliphatic rings. The summed E-state index contributed by atoms with van der Waals surface area (Å²) in [6.07, 6.45) is 5.17. The standard InChI is InChI=1S/C25H24O2/c1-17-15-25(27-4)19(3)18(2)24(17)14-9-20-5-10-22(11-6-20)23-12-7-21(16-26)8-13-23/h5-16H,1-4H3/b14-9+. The molecule has 27 heavy (non-hydrogen) atoms. The summed E-state index contributed by atoms with van der Waals surface area (Å²) in [6, 6.07) is 18.2. The predicted molar refractivity (Wildman–Crippen MR) is 113 cm³/mol. The molecule has 2 nitrogen and oxygen atoms in total. The van der Waals surface area contributed by atoms with Crippen LogP contribution in [0.25, 0.3) is 23.3 Å². The van der Waals surface area contributed by atoms with Gasteiger partial charge in [-0.3, -0.25) is 4.79 Å². The van der Waals surface area contributed by atoms with Crippen LogP contribution in [0.1, 0.15) is 38.2 Å². The Balaban J connectivity index is 1.84. The van der Waals surface area contributed by atoms with Crippen molar-refractivity contribution in [1.82, 2.24) is 0 Å². The number of carbonyl (C=O) groups is 1. The Kier molecular flexibility index (Phi) is 5.56. The Bertz CT molecular complexity index is 978. The second kappa shape index (κ2) is 8.05. The highest BCUT2D eigenvalue weighted by Gasteiger charge is 2.08. The van der Waals surface area contributed by atoms with Gasteiger partial charge in [0.25, 0.3) is 0 Å². The van der Waals surface area contributed by atoms with E-state index in [9.17, 15) is 4.79 Å². The maximum atomic E-state index is 10.8. The van der Waals surface area contributed by atoms with Gasteiger partial charge in [-0.1, -0.05) is 60.7 Å². The molecule has 0 unspecified atom stereocenters. The van der Waals surface area contributed by atoms with Crippen molar-refractivity contribution in [3.63, 3.8) is 0 Å². The average Bonchev–Trinajstić information content (AvgIpc) is 2.71. The molecule has 3 aromatic carbocycles. The van der Waals surface area contributed by atoms with Gasteiger partial charge in [0.05, 0.1) is 7.11 Å². The molecule has 0 aromatic heterocycles. The molecule has 0 radical (unpaired) electrons. The fourth-order valence-corrected chi connectivity index (χ4v) is 3.25. The van der Waals surface area contributed by atoms with E-state index in [1.54, 1.807) is 7.11 Å². The Hall–Kier alpha value is -3.13. The third kappa shape index (κ3) is 4.01. The highest BCUT2D eigenvalue weighted by molar-refractivity contribution is 5.78. The molecule has 0 aliphatic carbocycles. The highest BCUT2D eigenvalue weighted by Crippen LogP contribution is 2.29. The molecule has 0 atom stereocenters. The first-order valence-electron chi connectivity index (χ1n) is 9.02. The molecule has 0 saturated carbocycles. The number of benzene rings is 3. The van der Waals surface area contributed by atoms with Gasteiger partial charge in [-0.25, -0.2) is 0 Å². The number of carbonyl (C=O) groups excluding carboxylic acids is 1. The maximum Gasteiger partial charge on any atom is 0.150 e. The van der Waals surface area contributed by atoms with Crippen LogP contribution >= 0.6 is 0 Å². The number of aldehydes is 1. The lowest BCUT2D eigenvalue weighted by atomic mass is 9.96. The minimum atomic E-state index is 0.693. The zero-order valence-electron chi connectivity index (χ0n) is 16.2. The quantitative estimate of drug-likeness (QED) is 0.398. The Morgan fingerprint density at radius 1 is 0.741 bits per heavy atom. The summed E-state index contributed by atoms with van der Waals surface area (Å²) in [5, 5.41) is 0. The monoisotopic (exact) mass is 356 g/mol. The van der Waals surface area contributed by atoms with Crippen LogP contribution in [0.3, 0.4) is 0 Å². The van der Waals surface area contributed by atoms with Gasteiger partial charge in [0.1, 0.15) is 12.0 Å². The molecular formula is C25H24O2. The van der Waals surface area contributed by atoms with Crippen molar-refractivity contribution < 1.29 is 9.53 Å². The van der Waals surface area contributed by atoms with Crippen molar-refractivity contribution in [2.75, 3.05) is 7.11 Å². The number of rotatable bonds is 5. The van der Waals surface area contributed by atoms with E-state index in [4.69, 9.17) is 4.74 Å².